The summed E-state index contributed by atoms with van der Waals surface area (Å²) >= 11 is 10.3. The minimum Gasteiger partial charge on any atom is -0.370 e. The summed E-state index contributed by atoms with van der Waals surface area (Å²) in [7, 11) is 0. The highest BCUT2D eigenvalue weighted by Gasteiger charge is 2.11. The van der Waals surface area contributed by atoms with E-state index in [1.165, 1.54) is 52.4 Å². The van der Waals surface area contributed by atoms with Gasteiger partial charge in [0.05, 0.1) is 0 Å². The van der Waals surface area contributed by atoms with Crippen molar-refractivity contribution in [1.82, 2.24) is 0 Å². The van der Waals surface area contributed by atoms with Gasteiger partial charge in [-0.25, -0.2) is 0 Å². The fourth-order valence-corrected chi connectivity index (χ4v) is 8.02. The Balaban J connectivity index is 2.23. The van der Waals surface area contributed by atoms with Crippen LogP contribution in [0.1, 0.15) is 12.8 Å². The standard InChI is InChI=1S/C13H25NOS5/c14-13(15)2-5-20-12-10-18-8-6-16-3-1-4-17-7-9-19-11-12/h12H,1-11H2,(H2,14,15). The zero-order chi connectivity index (χ0) is 14.5. The number of hydrogen-bond donors (Lipinski definition) is 1. The van der Waals surface area contributed by atoms with Crippen LogP contribution in [-0.4, -0.2) is 62.9 Å². The second kappa shape index (κ2) is 13.9. The Labute approximate surface area is 144 Å². The molecule has 7 heteroatoms. The molecule has 0 spiro atoms. The van der Waals surface area contributed by atoms with Gasteiger partial charge in [-0.3, -0.25) is 4.79 Å². The van der Waals surface area contributed by atoms with E-state index in [-0.39, 0.29) is 5.91 Å². The summed E-state index contributed by atoms with van der Waals surface area (Å²) in [6, 6.07) is 0. The van der Waals surface area contributed by atoms with Crippen LogP contribution >= 0.6 is 58.8 Å². The first-order valence-electron chi connectivity index (χ1n) is 7.00. The van der Waals surface area contributed by atoms with Crippen molar-refractivity contribution in [2.24, 2.45) is 5.73 Å². The molecule has 0 aliphatic carbocycles. The third kappa shape index (κ3) is 11.8. The lowest BCUT2D eigenvalue weighted by Crippen LogP contribution is -2.16. The molecule has 1 heterocycles. The summed E-state index contributed by atoms with van der Waals surface area (Å²) in [6.07, 6.45) is 1.87. The van der Waals surface area contributed by atoms with Crippen molar-refractivity contribution in [3.63, 3.8) is 0 Å². The van der Waals surface area contributed by atoms with Crippen molar-refractivity contribution in [3.05, 3.63) is 0 Å². The number of amides is 1. The third-order valence-electron chi connectivity index (χ3n) is 2.63. The Morgan fingerprint density at radius 2 is 1.50 bits per heavy atom. The average Bonchev–Trinajstić information content (AvgIpc) is 2.42. The van der Waals surface area contributed by atoms with Gasteiger partial charge in [0.15, 0.2) is 0 Å². The summed E-state index contributed by atoms with van der Waals surface area (Å²) in [4.78, 5) is 10.8. The van der Waals surface area contributed by atoms with E-state index < -0.39 is 0 Å². The second-order valence-electron chi connectivity index (χ2n) is 4.44. The van der Waals surface area contributed by atoms with E-state index in [2.05, 4.69) is 47.0 Å². The first-order chi connectivity index (χ1) is 9.79. The maximum absolute atomic E-state index is 10.8. The molecular formula is C13H25NOS5. The molecule has 118 valence electrons. The quantitative estimate of drug-likeness (QED) is 0.818. The van der Waals surface area contributed by atoms with Crippen LogP contribution < -0.4 is 5.73 Å². The zero-order valence-electron chi connectivity index (χ0n) is 11.9. The van der Waals surface area contributed by atoms with Crippen LogP contribution in [0.4, 0.5) is 0 Å². The summed E-state index contributed by atoms with van der Waals surface area (Å²) in [5, 5.41) is 0.669. The lowest BCUT2D eigenvalue weighted by molar-refractivity contribution is -0.117. The number of primary amides is 1. The number of carbonyl (C=O) groups is 1. The fraction of sp³-hybridized carbons (Fsp3) is 0.923. The van der Waals surface area contributed by atoms with Gasteiger partial charge >= 0.3 is 0 Å². The first kappa shape index (κ1) is 19.3. The molecule has 0 unspecified atom stereocenters. The van der Waals surface area contributed by atoms with E-state index in [1.807, 2.05) is 11.8 Å². The normalized spacial score (nSPS) is 21.2. The molecule has 1 saturated heterocycles. The van der Waals surface area contributed by atoms with Gasteiger partial charge in [0.1, 0.15) is 0 Å². The van der Waals surface area contributed by atoms with Crippen molar-refractivity contribution >= 4 is 64.7 Å². The Hall–Kier alpha value is 1.22. The number of carbonyl (C=O) groups excluding carboxylic acids is 1. The van der Waals surface area contributed by atoms with Gasteiger partial charge in [-0.05, 0) is 17.9 Å². The molecule has 1 aliphatic rings. The van der Waals surface area contributed by atoms with Crippen molar-refractivity contribution in [2.75, 3.05) is 51.8 Å². The van der Waals surface area contributed by atoms with Crippen molar-refractivity contribution in [1.29, 1.82) is 0 Å². The maximum atomic E-state index is 10.8. The van der Waals surface area contributed by atoms with Gasteiger partial charge in [0, 0.05) is 51.9 Å². The van der Waals surface area contributed by atoms with Crippen LogP contribution in [0.5, 0.6) is 0 Å². The molecular weight excluding hydrogens is 346 g/mol. The lowest BCUT2D eigenvalue weighted by atomic mass is 10.5. The SMILES string of the molecule is NC(=O)CCSC1CSCCSCCCSCCSC1. The molecule has 20 heavy (non-hydrogen) atoms. The Morgan fingerprint density at radius 1 is 0.950 bits per heavy atom. The highest BCUT2D eigenvalue weighted by Crippen LogP contribution is 2.23. The second-order valence-corrected chi connectivity index (χ2v) is 10.6. The van der Waals surface area contributed by atoms with Crippen LogP contribution in [0.2, 0.25) is 0 Å². The highest BCUT2D eigenvalue weighted by atomic mass is 32.2. The molecule has 0 aromatic heterocycles. The molecule has 2 N–H and O–H groups in total. The predicted octanol–water partition coefficient (Wildman–Crippen LogP) is 3.30. The van der Waals surface area contributed by atoms with Crippen LogP contribution in [0, 0.1) is 0 Å². The van der Waals surface area contributed by atoms with Gasteiger partial charge in [0.2, 0.25) is 5.91 Å². The van der Waals surface area contributed by atoms with Crippen LogP contribution in [0.15, 0.2) is 0 Å². The van der Waals surface area contributed by atoms with Gasteiger partial charge < -0.3 is 5.73 Å². The Morgan fingerprint density at radius 3 is 2.05 bits per heavy atom. The van der Waals surface area contributed by atoms with Gasteiger partial charge in [-0.15, -0.1) is 0 Å². The molecule has 1 aliphatic heterocycles. The number of rotatable bonds is 4. The van der Waals surface area contributed by atoms with Crippen LogP contribution in [-0.2, 0) is 4.79 Å². The first-order valence-corrected chi connectivity index (χ1v) is 12.7. The van der Waals surface area contributed by atoms with E-state index in [0.29, 0.717) is 11.7 Å². The molecule has 0 aromatic rings. The smallest absolute Gasteiger partial charge is 0.218 e. The molecule has 0 aromatic carbocycles. The highest BCUT2D eigenvalue weighted by molar-refractivity contribution is 8.06. The zero-order valence-corrected chi connectivity index (χ0v) is 16.0. The van der Waals surface area contributed by atoms with E-state index in [4.69, 9.17) is 5.73 Å². The monoisotopic (exact) mass is 371 g/mol. The maximum Gasteiger partial charge on any atom is 0.218 e. The third-order valence-corrected chi connectivity index (χ3v) is 9.22. The molecule has 0 saturated carbocycles. The summed E-state index contributed by atoms with van der Waals surface area (Å²) in [5.74, 6) is 10.8. The van der Waals surface area contributed by atoms with Gasteiger partial charge in [-0.2, -0.15) is 58.8 Å². The van der Waals surface area contributed by atoms with E-state index in [0.717, 1.165) is 5.75 Å². The van der Waals surface area contributed by atoms with Gasteiger partial charge in [0.25, 0.3) is 0 Å². The largest absolute Gasteiger partial charge is 0.370 e. The van der Waals surface area contributed by atoms with E-state index in [9.17, 15) is 4.79 Å². The number of thioether (sulfide) groups is 5. The summed E-state index contributed by atoms with van der Waals surface area (Å²) in [5.41, 5.74) is 5.21. The molecule has 1 fully saturated rings. The van der Waals surface area contributed by atoms with Crippen molar-refractivity contribution in [2.45, 2.75) is 18.1 Å². The Kier molecular flexibility index (Phi) is 13.3. The minimum atomic E-state index is -0.175. The fourth-order valence-electron chi connectivity index (χ4n) is 1.60. The van der Waals surface area contributed by atoms with Crippen LogP contribution in [0.3, 0.4) is 0 Å². The number of hydrogen-bond acceptors (Lipinski definition) is 6. The molecule has 0 radical (unpaired) electrons. The predicted molar refractivity (Wildman–Crippen MR) is 104 cm³/mol. The van der Waals surface area contributed by atoms with Gasteiger partial charge in [-0.1, -0.05) is 0 Å². The molecule has 1 amide bonds. The Bertz CT molecular complexity index is 241. The molecule has 0 atom stereocenters. The topological polar surface area (TPSA) is 43.1 Å². The van der Waals surface area contributed by atoms with E-state index in [1.54, 1.807) is 0 Å². The lowest BCUT2D eigenvalue weighted by Gasteiger charge is -2.16. The number of nitrogens with two attached hydrogens (primary N) is 1. The average molecular weight is 372 g/mol. The molecule has 0 bridgehead atoms. The van der Waals surface area contributed by atoms with Crippen LogP contribution in [0.25, 0.3) is 0 Å². The van der Waals surface area contributed by atoms with E-state index >= 15 is 0 Å². The summed E-state index contributed by atoms with van der Waals surface area (Å²) in [6.45, 7) is 0. The van der Waals surface area contributed by atoms with Crippen molar-refractivity contribution < 1.29 is 4.79 Å². The minimum absolute atomic E-state index is 0.175. The molecule has 2 nitrogen and oxygen atoms in total. The molecule has 1 rings (SSSR count). The summed E-state index contributed by atoms with van der Waals surface area (Å²) < 4.78 is 0. The van der Waals surface area contributed by atoms with Crippen molar-refractivity contribution in [3.8, 4) is 0 Å².